The van der Waals surface area contributed by atoms with Gasteiger partial charge in [0.25, 0.3) is 5.91 Å². The lowest BCUT2D eigenvalue weighted by Gasteiger charge is -2.29. The average Bonchev–Trinajstić information content (AvgIpc) is 3.09. The molecule has 180 valence electrons. The van der Waals surface area contributed by atoms with Crippen molar-refractivity contribution in [2.45, 2.75) is 20.4 Å². The predicted octanol–water partition coefficient (Wildman–Crippen LogP) is 2.06. The van der Waals surface area contributed by atoms with Crippen LogP contribution in [0.2, 0.25) is 0 Å². The van der Waals surface area contributed by atoms with Crippen LogP contribution in [0, 0.1) is 13.8 Å². The predicted molar refractivity (Wildman–Crippen MR) is 129 cm³/mol. The molecule has 1 amide bonds. The topological polar surface area (TPSA) is 68.2 Å². The number of nitrogens with zero attached hydrogens (tertiary/aromatic N) is 3. The standard InChI is InChI=1S/C25H36N4O4/c1-19-23(28-11-15-33-16-12-28)20(2)29(18-21-5-4-6-22(17-21)31-3)24(19)25(30)26-7-8-27-9-13-32-14-10-27/h4-6,17H,7-16,18H2,1-3H3,(H,26,30). The van der Waals surface area contributed by atoms with Crippen LogP contribution in [0.4, 0.5) is 5.69 Å². The molecule has 4 rings (SSSR count). The summed E-state index contributed by atoms with van der Waals surface area (Å²) in [7, 11) is 1.67. The van der Waals surface area contributed by atoms with Crippen LogP contribution in [0.1, 0.15) is 27.3 Å². The fourth-order valence-electron chi connectivity index (χ4n) is 4.81. The van der Waals surface area contributed by atoms with Crippen molar-refractivity contribution in [3.63, 3.8) is 0 Å². The van der Waals surface area contributed by atoms with Gasteiger partial charge < -0.3 is 29.0 Å². The molecule has 2 aliphatic rings. The third-order valence-corrected chi connectivity index (χ3v) is 6.56. The van der Waals surface area contributed by atoms with Crippen LogP contribution in [-0.2, 0) is 16.0 Å². The Labute approximate surface area is 196 Å². The Kier molecular flexibility index (Phi) is 7.90. The Morgan fingerprint density at radius 3 is 2.45 bits per heavy atom. The van der Waals surface area contributed by atoms with Crippen LogP contribution in [0.3, 0.4) is 0 Å². The molecule has 33 heavy (non-hydrogen) atoms. The number of rotatable bonds is 8. The van der Waals surface area contributed by atoms with Gasteiger partial charge in [-0.2, -0.15) is 0 Å². The Balaban J connectivity index is 1.59. The molecule has 0 atom stereocenters. The van der Waals surface area contributed by atoms with Gasteiger partial charge in [-0.1, -0.05) is 12.1 Å². The number of amides is 1. The summed E-state index contributed by atoms with van der Waals surface area (Å²) >= 11 is 0. The van der Waals surface area contributed by atoms with Gasteiger partial charge in [-0.15, -0.1) is 0 Å². The average molecular weight is 457 g/mol. The molecule has 0 bridgehead atoms. The van der Waals surface area contributed by atoms with E-state index in [4.69, 9.17) is 14.2 Å². The number of aromatic nitrogens is 1. The molecular weight excluding hydrogens is 420 g/mol. The van der Waals surface area contributed by atoms with Gasteiger partial charge in [0, 0.05) is 57.1 Å². The third-order valence-electron chi connectivity index (χ3n) is 6.56. The summed E-state index contributed by atoms with van der Waals surface area (Å²) in [5.74, 6) is 0.796. The lowest BCUT2D eigenvalue weighted by Crippen LogP contribution is -2.41. The van der Waals surface area contributed by atoms with E-state index in [2.05, 4.69) is 39.6 Å². The largest absolute Gasteiger partial charge is 0.497 e. The van der Waals surface area contributed by atoms with Crippen molar-refractivity contribution in [2.75, 3.05) is 77.7 Å². The van der Waals surface area contributed by atoms with Crippen LogP contribution >= 0.6 is 0 Å². The highest BCUT2D eigenvalue weighted by atomic mass is 16.5. The summed E-state index contributed by atoms with van der Waals surface area (Å²) < 4.78 is 18.5. The van der Waals surface area contributed by atoms with Crippen LogP contribution in [0.15, 0.2) is 24.3 Å². The number of carbonyl (C=O) groups is 1. The normalized spacial score (nSPS) is 17.2. The summed E-state index contributed by atoms with van der Waals surface area (Å²) in [6.45, 7) is 12.7. The summed E-state index contributed by atoms with van der Waals surface area (Å²) in [5.41, 5.74) is 5.12. The molecular formula is C25H36N4O4. The zero-order chi connectivity index (χ0) is 23.2. The van der Waals surface area contributed by atoms with Gasteiger partial charge in [0.2, 0.25) is 0 Å². The van der Waals surface area contributed by atoms with Gasteiger partial charge in [0.05, 0.1) is 39.2 Å². The van der Waals surface area contributed by atoms with E-state index in [-0.39, 0.29) is 5.91 Å². The fourth-order valence-corrected chi connectivity index (χ4v) is 4.81. The van der Waals surface area contributed by atoms with Crippen molar-refractivity contribution in [3.8, 4) is 5.75 Å². The minimum absolute atomic E-state index is 0.0220. The maximum Gasteiger partial charge on any atom is 0.268 e. The second kappa shape index (κ2) is 11.0. The van der Waals surface area contributed by atoms with Gasteiger partial charge in [-0.25, -0.2) is 0 Å². The number of benzene rings is 1. The van der Waals surface area contributed by atoms with E-state index >= 15 is 0 Å². The highest BCUT2D eigenvalue weighted by Gasteiger charge is 2.27. The molecule has 1 aromatic heterocycles. The zero-order valence-corrected chi connectivity index (χ0v) is 20.1. The summed E-state index contributed by atoms with van der Waals surface area (Å²) in [5, 5.41) is 3.17. The molecule has 1 aromatic carbocycles. The summed E-state index contributed by atoms with van der Waals surface area (Å²) in [6, 6.07) is 8.04. The van der Waals surface area contributed by atoms with E-state index < -0.39 is 0 Å². The number of morpholine rings is 2. The van der Waals surface area contributed by atoms with Crippen LogP contribution in [-0.4, -0.2) is 88.2 Å². The highest BCUT2D eigenvalue weighted by molar-refractivity contribution is 5.96. The van der Waals surface area contributed by atoms with Crippen LogP contribution < -0.4 is 15.0 Å². The smallest absolute Gasteiger partial charge is 0.268 e. The molecule has 2 fully saturated rings. The van der Waals surface area contributed by atoms with E-state index in [1.165, 1.54) is 0 Å². The molecule has 0 unspecified atom stereocenters. The van der Waals surface area contributed by atoms with E-state index in [1.807, 2.05) is 18.2 Å². The number of nitrogens with one attached hydrogen (secondary N) is 1. The SMILES string of the molecule is COc1cccc(Cn2c(C)c(N3CCOCC3)c(C)c2C(=O)NCCN2CCOCC2)c1. The van der Waals surface area contributed by atoms with E-state index in [9.17, 15) is 4.79 Å². The Hall–Kier alpha value is -2.55. The molecule has 0 aliphatic carbocycles. The Morgan fingerprint density at radius 1 is 1.06 bits per heavy atom. The fraction of sp³-hybridized carbons (Fsp3) is 0.560. The van der Waals surface area contributed by atoms with Crippen LogP contribution in [0.5, 0.6) is 5.75 Å². The first kappa shape index (κ1) is 23.6. The van der Waals surface area contributed by atoms with Gasteiger partial charge in [-0.3, -0.25) is 9.69 Å². The maximum absolute atomic E-state index is 13.4. The second-order valence-electron chi connectivity index (χ2n) is 8.65. The van der Waals surface area contributed by atoms with Gasteiger partial charge in [0.15, 0.2) is 0 Å². The number of carbonyl (C=O) groups excluding carboxylic acids is 1. The third kappa shape index (κ3) is 5.51. The molecule has 1 N–H and O–H groups in total. The molecule has 8 nitrogen and oxygen atoms in total. The molecule has 0 radical (unpaired) electrons. The minimum Gasteiger partial charge on any atom is -0.497 e. The number of ether oxygens (including phenoxy) is 3. The molecule has 3 heterocycles. The lowest BCUT2D eigenvalue weighted by molar-refractivity contribution is 0.0383. The quantitative estimate of drug-likeness (QED) is 0.656. The first-order valence-electron chi connectivity index (χ1n) is 11.8. The van der Waals surface area contributed by atoms with Crippen molar-refractivity contribution in [1.82, 2.24) is 14.8 Å². The van der Waals surface area contributed by atoms with Crippen LogP contribution in [0.25, 0.3) is 0 Å². The summed E-state index contributed by atoms with van der Waals surface area (Å²) in [6.07, 6.45) is 0. The van der Waals surface area contributed by atoms with E-state index in [1.54, 1.807) is 7.11 Å². The number of methoxy groups -OCH3 is 1. The van der Waals surface area contributed by atoms with E-state index in [0.29, 0.717) is 26.3 Å². The van der Waals surface area contributed by atoms with Crippen molar-refractivity contribution >= 4 is 11.6 Å². The lowest BCUT2D eigenvalue weighted by atomic mass is 10.1. The Morgan fingerprint density at radius 2 is 1.76 bits per heavy atom. The van der Waals surface area contributed by atoms with Crippen molar-refractivity contribution < 1.29 is 19.0 Å². The van der Waals surface area contributed by atoms with Gasteiger partial charge in [0.1, 0.15) is 11.4 Å². The molecule has 2 aliphatic heterocycles. The zero-order valence-electron chi connectivity index (χ0n) is 20.1. The van der Waals surface area contributed by atoms with Crippen molar-refractivity contribution in [2.24, 2.45) is 0 Å². The van der Waals surface area contributed by atoms with Gasteiger partial charge >= 0.3 is 0 Å². The van der Waals surface area contributed by atoms with E-state index in [0.717, 1.165) is 79.9 Å². The van der Waals surface area contributed by atoms with Crippen molar-refractivity contribution in [3.05, 3.63) is 46.8 Å². The van der Waals surface area contributed by atoms with Crippen molar-refractivity contribution in [1.29, 1.82) is 0 Å². The molecule has 8 heteroatoms. The molecule has 0 spiro atoms. The van der Waals surface area contributed by atoms with Gasteiger partial charge in [-0.05, 0) is 31.5 Å². The molecule has 0 saturated carbocycles. The first-order valence-corrected chi connectivity index (χ1v) is 11.8. The number of anilines is 1. The first-order chi connectivity index (χ1) is 16.1. The molecule has 2 aromatic rings. The monoisotopic (exact) mass is 456 g/mol. The maximum atomic E-state index is 13.4. The number of hydrogen-bond acceptors (Lipinski definition) is 6. The molecule has 2 saturated heterocycles. The second-order valence-corrected chi connectivity index (χ2v) is 8.65. The number of hydrogen-bond donors (Lipinski definition) is 1. The Bertz CT molecular complexity index is 946. The summed E-state index contributed by atoms with van der Waals surface area (Å²) in [4.78, 5) is 18.1. The minimum atomic E-state index is -0.0220. The highest BCUT2D eigenvalue weighted by Crippen LogP contribution is 2.32.